The summed E-state index contributed by atoms with van der Waals surface area (Å²) in [4.78, 5) is 0. The van der Waals surface area contributed by atoms with E-state index in [-0.39, 0.29) is 10.8 Å². The van der Waals surface area contributed by atoms with Crippen LogP contribution in [0.4, 0.5) is 0 Å². The van der Waals surface area contributed by atoms with Crippen LogP contribution in [0.15, 0.2) is 163 Å². The molecule has 0 aliphatic heterocycles. The Hall–Kier alpha value is -4.32. The summed E-state index contributed by atoms with van der Waals surface area (Å²) in [5.41, 5.74) is 27.1. The molecule has 0 fully saturated rings. The van der Waals surface area contributed by atoms with Crippen molar-refractivity contribution < 1.29 is 0 Å². The third-order valence-electron chi connectivity index (χ3n) is 14.1. The van der Waals surface area contributed by atoms with Gasteiger partial charge in [-0.1, -0.05) is 183 Å². The van der Waals surface area contributed by atoms with Crippen molar-refractivity contribution in [2.75, 3.05) is 0 Å². The molecular formula is C58H44Br4. The Kier molecular flexibility index (Phi) is 9.89. The number of hydrogen-bond acceptors (Lipinski definition) is 0. The summed E-state index contributed by atoms with van der Waals surface area (Å²) in [6.45, 7) is 8.72. The molecule has 0 aromatic heterocycles. The average molecular weight is 1060 g/mol. The van der Waals surface area contributed by atoms with Gasteiger partial charge in [0, 0.05) is 17.9 Å². The van der Waals surface area contributed by atoms with E-state index in [0.717, 1.165) is 25.7 Å². The van der Waals surface area contributed by atoms with Crippen LogP contribution >= 0.6 is 63.7 Å². The fourth-order valence-electron chi connectivity index (χ4n) is 11.6. The maximum atomic E-state index is 3.85. The predicted molar refractivity (Wildman–Crippen MR) is 272 cm³/mol. The predicted octanol–water partition coefficient (Wildman–Crippen LogP) is 16.6. The second-order valence-corrected chi connectivity index (χ2v) is 21.6. The Labute approximate surface area is 399 Å². The third-order valence-corrected chi connectivity index (χ3v) is 15.9. The monoisotopic (exact) mass is 1060 g/mol. The second kappa shape index (κ2) is 15.2. The van der Waals surface area contributed by atoms with Crippen LogP contribution in [0.2, 0.25) is 0 Å². The average Bonchev–Trinajstić information content (AvgIpc) is 3.70. The molecule has 4 aliphatic rings. The largest absolute Gasteiger partial charge is 0.0714 e. The molecule has 0 radical (unpaired) electrons. The molecule has 8 aromatic rings. The first-order valence-corrected chi connectivity index (χ1v) is 24.7. The summed E-state index contributed by atoms with van der Waals surface area (Å²) in [5, 5.41) is 0. The van der Waals surface area contributed by atoms with Gasteiger partial charge in [0.1, 0.15) is 0 Å². The van der Waals surface area contributed by atoms with Gasteiger partial charge < -0.3 is 0 Å². The van der Waals surface area contributed by atoms with Crippen LogP contribution in [0, 0.1) is 27.7 Å². The molecular weight excluding hydrogens is 1020 g/mol. The number of hydrogen-bond donors (Lipinski definition) is 0. The molecule has 304 valence electrons. The van der Waals surface area contributed by atoms with E-state index < -0.39 is 0 Å². The fraction of sp³-hybridized carbons (Fsp3) is 0.172. The standard InChI is InChI=1S/2C29H22Br2/c1-17-3-9-21(10-4-17)29(22-11-5-18(2)6-12-22)25-15-23(30)13-19-7-8-20-14-24(31)16-26(29)28(20)27(19)25;1-17-5-3-7-21(11-17)29(22-8-4-6-18(2)12-22)25-15-23(30)13-19-9-10-20-14-24(31)16-26(29)28(20)27(19)25/h3-6,9-16H,7-8H2,1-2H3;3-8,11-16H,9-10H2,1-2H3. The molecule has 0 saturated heterocycles. The molecule has 12 rings (SSSR count). The number of aryl methyl sites for hydroxylation is 8. The molecule has 8 aromatic carbocycles. The Morgan fingerprint density at radius 2 is 0.597 bits per heavy atom. The molecule has 4 heteroatoms. The fourth-order valence-corrected chi connectivity index (χ4v) is 13.6. The molecule has 4 aliphatic carbocycles. The highest BCUT2D eigenvalue weighted by Gasteiger charge is 2.50. The van der Waals surface area contributed by atoms with Gasteiger partial charge in [-0.3, -0.25) is 0 Å². The minimum absolute atomic E-state index is 0.326. The van der Waals surface area contributed by atoms with Crippen molar-refractivity contribution >= 4 is 63.7 Å². The maximum absolute atomic E-state index is 3.85. The lowest BCUT2D eigenvalue weighted by Crippen LogP contribution is -2.29. The summed E-state index contributed by atoms with van der Waals surface area (Å²) in [6, 6.07) is 55.3. The zero-order chi connectivity index (χ0) is 42.7. The highest BCUT2D eigenvalue weighted by Crippen LogP contribution is 2.62. The van der Waals surface area contributed by atoms with Gasteiger partial charge in [-0.15, -0.1) is 0 Å². The van der Waals surface area contributed by atoms with Gasteiger partial charge in [-0.05, 0) is 191 Å². The summed E-state index contributed by atoms with van der Waals surface area (Å²) < 4.78 is 4.67. The van der Waals surface area contributed by atoms with Gasteiger partial charge in [0.15, 0.2) is 0 Å². The number of benzene rings is 8. The molecule has 0 heterocycles. The van der Waals surface area contributed by atoms with Gasteiger partial charge in [0.05, 0.1) is 10.8 Å². The zero-order valence-corrected chi connectivity index (χ0v) is 41.5. The van der Waals surface area contributed by atoms with E-state index in [9.17, 15) is 0 Å². The van der Waals surface area contributed by atoms with Crippen LogP contribution in [0.3, 0.4) is 0 Å². The first-order chi connectivity index (χ1) is 30.0. The first-order valence-electron chi connectivity index (χ1n) is 21.6. The second-order valence-electron chi connectivity index (χ2n) is 17.9. The first kappa shape index (κ1) is 40.5. The number of rotatable bonds is 4. The van der Waals surface area contributed by atoms with E-state index in [1.54, 1.807) is 0 Å². The molecule has 62 heavy (non-hydrogen) atoms. The van der Waals surface area contributed by atoms with E-state index >= 15 is 0 Å². The molecule has 0 bridgehead atoms. The molecule has 0 nitrogen and oxygen atoms in total. The van der Waals surface area contributed by atoms with Crippen molar-refractivity contribution in [1.29, 1.82) is 0 Å². The van der Waals surface area contributed by atoms with Crippen molar-refractivity contribution in [3.8, 4) is 22.3 Å². The highest BCUT2D eigenvalue weighted by atomic mass is 79.9. The Morgan fingerprint density at radius 1 is 0.306 bits per heavy atom. The topological polar surface area (TPSA) is 0 Å². The normalized spacial score (nSPS) is 15.1. The molecule has 0 saturated carbocycles. The van der Waals surface area contributed by atoms with Crippen LogP contribution < -0.4 is 0 Å². The van der Waals surface area contributed by atoms with Gasteiger partial charge in [-0.2, -0.15) is 0 Å². The van der Waals surface area contributed by atoms with E-state index in [2.05, 4.69) is 237 Å². The Morgan fingerprint density at radius 3 is 0.887 bits per heavy atom. The summed E-state index contributed by atoms with van der Waals surface area (Å²) in [6.07, 6.45) is 4.34. The Bertz CT molecular complexity index is 2940. The molecule has 0 unspecified atom stereocenters. The van der Waals surface area contributed by atoms with Crippen molar-refractivity contribution in [3.05, 3.63) is 252 Å². The molecule has 0 amide bonds. The van der Waals surface area contributed by atoms with Crippen molar-refractivity contribution in [2.24, 2.45) is 0 Å². The zero-order valence-electron chi connectivity index (χ0n) is 35.2. The van der Waals surface area contributed by atoms with Crippen LogP contribution in [-0.4, -0.2) is 0 Å². The highest BCUT2D eigenvalue weighted by molar-refractivity contribution is 9.11. The molecule has 0 spiro atoms. The Balaban J connectivity index is 0.000000139. The van der Waals surface area contributed by atoms with Gasteiger partial charge in [-0.25, -0.2) is 0 Å². The van der Waals surface area contributed by atoms with Gasteiger partial charge >= 0.3 is 0 Å². The maximum Gasteiger partial charge on any atom is 0.0714 e. The van der Waals surface area contributed by atoms with E-state index in [1.165, 1.54) is 129 Å². The lowest BCUT2D eigenvalue weighted by atomic mass is 9.67. The molecule has 0 N–H and O–H groups in total. The lowest BCUT2D eigenvalue weighted by molar-refractivity contribution is 0.764. The molecule has 0 atom stereocenters. The van der Waals surface area contributed by atoms with Crippen molar-refractivity contribution in [1.82, 2.24) is 0 Å². The van der Waals surface area contributed by atoms with Crippen LogP contribution in [0.1, 0.15) is 89.0 Å². The van der Waals surface area contributed by atoms with Crippen molar-refractivity contribution in [2.45, 2.75) is 64.2 Å². The van der Waals surface area contributed by atoms with Gasteiger partial charge in [0.25, 0.3) is 0 Å². The summed E-state index contributed by atoms with van der Waals surface area (Å²) >= 11 is 15.4. The minimum Gasteiger partial charge on any atom is -0.0617 e. The van der Waals surface area contributed by atoms with Crippen LogP contribution in [-0.2, 0) is 36.5 Å². The lowest BCUT2D eigenvalue weighted by Gasteiger charge is -2.34. The minimum atomic E-state index is -0.329. The third kappa shape index (κ3) is 6.06. The summed E-state index contributed by atoms with van der Waals surface area (Å²) in [7, 11) is 0. The summed E-state index contributed by atoms with van der Waals surface area (Å²) in [5.74, 6) is 0. The van der Waals surface area contributed by atoms with Crippen LogP contribution in [0.25, 0.3) is 22.3 Å². The van der Waals surface area contributed by atoms with Gasteiger partial charge in [0.2, 0.25) is 0 Å². The smallest absolute Gasteiger partial charge is 0.0617 e. The van der Waals surface area contributed by atoms with E-state index in [4.69, 9.17) is 0 Å². The SMILES string of the molecule is Cc1ccc(C2(c3ccc(C)cc3)c3cc(Br)cc4c3-c3c(cc(Br)cc32)CC4)cc1.Cc1cccc(C2(c3cccc(C)c3)c3cc(Br)cc4c3-c3c(cc(Br)cc32)CC4)c1. The van der Waals surface area contributed by atoms with Crippen molar-refractivity contribution in [3.63, 3.8) is 0 Å². The van der Waals surface area contributed by atoms with E-state index in [0.29, 0.717) is 0 Å². The van der Waals surface area contributed by atoms with E-state index in [1.807, 2.05) is 0 Å². The van der Waals surface area contributed by atoms with Crippen LogP contribution in [0.5, 0.6) is 0 Å². The number of halogens is 4. The quantitative estimate of drug-likeness (QED) is 0.165.